The van der Waals surface area contributed by atoms with E-state index in [1.54, 1.807) is 17.0 Å². The number of rotatable bonds is 5. The molecule has 1 fully saturated rings. The Bertz CT molecular complexity index is 756. The van der Waals surface area contributed by atoms with Crippen molar-refractivity contribution in [2.75, 3.05) is 44.9 Å². The molecular weight excluding hydrogens is 344 g/mol. The molecule has 2 aromatic carbocycles. The molecule has 0 aromatic heterocycles. The number of benzene rings is 2. The molecule has 0 atom stereocenters. The average molecular weight is 368 g/mol. The molecule has 0 spiro atoms. The van der Waals surface area contributed by atoms with Crippen LogP contribution in [0.2, 0.25) is 0 Å². The molecule has 0 radical (unpaired) electrons. The second kappa shape index (κ2) is 9.19. The Morgan fingerprint density at radius 1 is 1.04 bits per heavy atom. The third-order valence-corrected chi connectivity index (χ3v) is 4.58. The van der Waals surface area contributed by atoms with Crippen molar-refractivity contribution in [3.8, 4) is 0 Å². The van der Waals surface area contributed by atoms with Gasteiger partial charge >= 0.3 is 12.0 Å². The molecule has 1 aliphatic rings. The summed E-state index contributed by atoms with van der Waals surface area (Å²) < 4.78 is 10.1. The number of carbonyl (C=O) groups excluding carboxylic acids is 2. The van der Waals surface area contributed by atoms with Gasteiger partial charge in [0.15, 0.2) is 0 Å². The minimum absolute atomic E-state index is 0.00400. The first-order valence-corrected chi connectivity index (χ1v) is 9.05. The van der Waals surface area contributed by atoms with Gasteiger partial charge in [-0.05, 0) is 36.2 Å². The van der Waals surface area contributed by atoms with Crippen LogP contribution in [0.3, 0.4) is 0 Å². The fraction of sp³-hybridized carbons (Fsp3) is 0.333. The maximum atomic E-state index is 13.0. The summed E-state index contributed by atoms with van der Waals surface area (Å²) in [7, 11) is 1.37. The van der Waals surface area contributed by atoms with Gasteiger partial charge in [-0.15, -0.1) is 0 Å². The predicted octanol–water partition coefficient (Wildman–Crippen LogP) is 2.97. The lowest BCUT2D eigenvalue weighted by Crippen LogP contribution is -2.49. The number of carbonyl (C=O) groups is 2. The fourth-order valence-electron chi connectivity index (χ4n) is 3.03. The SMILES string of the molecule is COC(=O)c1ccc(CCN(C(=O)N2CCOCC2)c2ccccc2)cc1. The molecule has 0 unspecified atom stereocenters. The number of urea groups is 1. The van der Waals surface area contributed by atoms with Crippen LogP contribution in [0.15, 0.2) is 54.6 Å². The smallest absolute Gasteiger partial charge is 0.337 e. The van der Waals surface area contributed by atoms with Crippen LogP contribution in [0.4, 0.5) is 10.5 Å². The Kier molecular flexibility index (Phi) is 6.44. The number of methoxy groups -OCH3 is 1. The number of ether oxygens (including phenoxy) is 2. The summed E-state index contributed by atoms with van der Waals surface area (Å²) in [5, 5.41) is 0. The molecule has 142 valence electrons. The maximum absolute atomic E-state index is 13.0. The molecular formula is C21H24N2O4. The Labute approximate surface area is 159 Å². The van der Waals surface area contributed by atoms with Gasteiger partial charge in [-0.3, -0.25) is 4.90 Å². The zero-order valence-corrected chi connectivity index (χ0v) is 15.5. The van der Waals surface area contributed by atoms with E-state index in [9.17, 15) is 9.59 Å². The highest BCUT2D eigenvalue weighted by Crippen LogP contribution is 2.18. The second-order valence-corrected chi connectivity index (χ2v) is 6.31. The first kappa shape index (κ1) is 18.9. The van der Waals surface area contributed by atoms with Crippen molar-refractivity contribution >= 4 is 17.7 Å². The molecule has 2 aromatic rings. The Balaban J connectivity index is 1.71. The van der Waals surface area contributed by atoms with Crippen molar-refractivity contribution in [2.45, 2.75) is 6.42 Å². The molecule has 3 rings (SSSR count). The van der Waals surface area contributed by atoms with Crippen LogP contribution in [0, 0.1) is 0 Å². The van der Waals surface area contributed by atoms with Crippen molar-refractivity contribution < 1.29 is 19.1 Å². The third-order valence-electron chi connectivity index (χ3n) is 4.58. The van der Waals surface area contributed by atoms with Crippen LogP contribution in [-0.2, 0) is 15.9 Å². The van der Waals surface area contributed by atoms with Crippen LogP contribution in [0.5, 0.6) is 0 Å². The number of anilines is 1. The van der Waals surface area contributed by atoms with Crippen molar-refractivity contribution in [3.63, 3.8) is 0 Å². The van der Waals surface area contributed by atoms with Crippen LogP contribution < -0.4 is 4.90 Å². The van der Waals surface area contributed by atoms with E-state index in [0.29, 0.717) is 44.8 Å². The summed E-state index contributed by atoms with van der Waals surface area (Å²) in [5.41, 5.74) is 2.45. The molecule has 0 aliphatic carbocycles. The molecule has 1 heterocycles. The summed E-state index contributed by atoms with van der Waals surface area (Å²) in [6, 6.07) is 17.0. The summed E-state index contributed by atoms with van der Waals surface area (Å²) in [4.78, 5) is 28.2. The highest BCUT2D eigenvalue weighted by atomic mass is 16.5. The predicted molar refractivity (Wildman–Crippen MR) is 103 cm³/mol. The maximum Gasteiger partial charge on any atom is 0.337 e. The lowest BCUT2D eigenvalue weighted by molar-refractivity contribution is 0.0549. The molecule has 2 amide bonds. The lowest BCUT2D eigenvalue weighted by Gasteiger charge is -2.33. The van der Waals surface area contributed by atoms with E-state index in [1.807, 2.05) is 47.4 Å². The average Bonchev–Trinajstić information content (AvgIpc) is 2.75. The third kappa shape index (κ3) is 4.86. The Morgan fingerprint density at radius 2 is 1.70 bits per heavy atom. The van der Waals surface area contributed by atoms with E-state index in [0.717, 1.165) is 11.3 Å². The number of hydrogen-bond donors (Lipinski definition) is 0. The first-order valence-electron chi connectivity index (χ1n) is 9.05. The number of para-hydroxylation sites is 1. The zero-order chi connectivity index (χ0) is 19.1. The first-order chi connectivity index (χ1) is 13.2. The molecule has 6 heteroatoms. The van der Waals surface area contributed by atoms with E-state index in [-0.39, 0.29) is 12.0 Å². The van der Waals surface area contributed by atoms with Crippen molar-refractivity contribution in [1.82, 2.24) is 4.90 Å². The summed E-state index contributed by atoms with van der Waals surface area (Å²) >= 11 is 0. The summed E-state index contributed by atoms with van der Waals surface area (Å²) in [6.45, 7) is 2.91. The Hall–Kier alpha value is -2.86. The van der Waals surface area contributed by atoms with Gasteiger partial charge in [-0.25, -0.2) is 9.59 Å². The number of esters is 1. The largest absolute Gasteiger partial charge is 0.465 e. The van der Waals surface area contributed by atoms with Crippen LogP contribution in [0.1, 0.15) is 15.9 Å². The molecule has 1 saturated heterocycles. The molecule has 0 N–H and O–H groups in total. The topological polar surface area (TPSA) is 59.1 Å². The van der Waals surface area contributed by atoms with E-state index < -0.39 is 0 Å². The summed E-state index contributed by atoms with van der Waals surface area (Å²) in [5.74, 6) is -0.352. The number of nitrogens with zero attached hydrogens (tertiary/aromatic N) is 2. The minimum atomic E-state index is -0.352. The van der Waals surface area contributed by atoms with E-state index in [1.165, 1.54) is 7.11 Å². The van der Waals surface area contributed by atoms with Gasteiger partial charge in [-0.2, -0.15) is 0 Å². The number of amides is 2. The lowest BCUT2D eigenvalue weighted by atomic mass is 10.1. The van der Waals surface area contributed by atoms with E-state index in [2.05, 4.69) is 0 Å². The monoisotopic (exact) mass is 368 g/mol. The molecule has 1 aliphatic heterocycles. The van der Waals surface area contributed by atoms with E-state index in [4.69, 9.17) is 9.47 Å². The van der Waals surface area contributed by atoms with Gasteiger partial charge in [-0.1, -0.05) is 30.3 Å². The molecule has 0 saturated carbocycles. The van der Waals surface area contributed by atoms with Crippen LogP contribution in [0.25, 0.3) is 0 Å². The van der Waals surface area contributed by atoms with Gasteiger partial charge in [0.25, 0.3) is 0 Å². The number of hydrogen-bond acceptors (Lipinski definition) is 4. The van der Waals surface area contributed by atoms with Gasteiger partial charge in [0.05, 0.1) is 25.9 Å². The normalized spacial score (nSPS) is 13.9. The summed E-state index contributed by atoms with van der Waals surface area (Å²) in [6.07, 6.45) is 0.687. The second-order valence-electron chi connectivity index (χ2n) is 6.31. The minimum Gasteiger partial charge on any atom is -0.465 e. The van der Waals surface area contributed by atoms with Gasteiger partial charge in [0, 0.05) is 25.3 Å². The highest BCUT2D eigenvalue weighted by Gasteiger charge is 2.23. The van der Waals surface area contributed by atoms with Crippen LogP contribution in [-0.4, -0.2) is 56.9 Å². The fourth-order valence-corrected chi connectivity index (χ4v) is 3.03. The van der Waals surface area contributed by atoms with Crippen molar-refractivity contribution in [3.05, 3.63) is 65.7 Å². The molecule has 6 nitrogen and oxygen atoms in total. The molecule has 0 bridgehead atoms. The van der Waals surface area contributed by atoms with Gasteiger partial charge in [0.1, 0.15) is 0 Å². The van der Waals surface area contributed by atoms with Crippen molar-refractivity contribution in [1.29, 1.82) is 0 Å². The van der Waals surface area contributed by atoms with Crippen LogP contribution >= 0.6 is 0 Å². The van der Waals surface area contributed by atoms with E-state index >= 15 is 0 Å². The highest BCUT2D eigenvalue weighted by molar-refractivity contribution is 5.92. The standard InChI is InChI=1S/C21H24N2O4/c1-26-20(24)18-9-7-17(8-10-18)11-12-23(19-5-3-2-4-6-19)21(25)22-13-15-27-16-14-22/h2-10H,11-16H2,1H3. The quantitative estimate of drug-likeness (QED) is 0.762. The Morgan fingerprint density at radius 3 is 2.33 bits per heavy atom. The molecule has 27 heavy (non-hydrogen) atoms. The van der Waals surface area contributed by atoms with Gasteiger partial charge in [0.2, 0.25) is 0 Å². The zero-order valence-electron chi connectivity index (χ0n) is 15.5. The van der Waals surface area contributed by atoms with Gasteiger partial charge < -0.3 is 14.4 Å². The van der Waals surface area contributed by atoms with Crippen molar-refractivity contribution in [2.24, 2.45) is 0 Å². The number of morpholine rings is 1.